The van der Waals surface area contributed by atoms with E-state index < -0.39 is 5.97 Å². The molecule has 0 atom stereocenters. The molecule has 1 amide bonds. The predicted octanol–water partition coefficient (Wildman–Crippen LogP) is 2.51. The highest BCUT2D eigenvalue weighted by atomic mass is 16.5. The van der Waals surface area contributed by atoms with E-state index in [0.29, 0.717) is 30.2 Å². The SMILES string of the molecule is C=C(C)CN1C(=O)COc2ccc(C(=O)CCC(=O)OCC)cc21. The van der Waals surface area contributed by atoms with Crippen LogP contribution in [0.1, 0.15) is 37.0 Å². The Morgan fingerprint density at radius 3 is 2.75 bits per heavy atom. The van der Waals surface area contributed by atoms with Crippen LogP contribution in [0.4, 0.5) is 5.69 Å². The number of hydrogen-bond donors (Lipinski definition) is 0. The number of anilines is 1. The van der Waals surface area contributed by atoms with Gasteiger partial charge in [0.25, 0.3) is 5.91 Å². The van der Waals surface area contributed by atoms with Crippen molar-refractivity contribution in [1.82, 2.24) is 0 Å². The second-order valence-electron chi connectivity index (χ2n) is 5.64. The maximum absolute atomic E-state index is 12.3. The average Bonchev–Trinajstić information content (AvgIpc) is 2.55. The Hall–Kier alpha value is -2.63. The van der Waals surface area contributed by atoms with Crippen LogP contribution in [0.15, 0.2) is 30.4 Å². The summed E-state index contributed by atoms with van der Waals surface area (Å²) in [5.41, 5.74) is 1.81. The Bertz CT molecular complexity index is 680. The second-order valence-corrected chi connectivity index (χ2v) is 5.64. The zero-order chi connectivity index (χ0) is 17.7. The van der Waals surface area contributed by atoms with Crippen LogP contribution in [0.5, 0.6) is 5.75 Å². The van der Waals surface area contributed by atoms with Gasteiger partial charge in [-0.2, -0.15) is 0 Å². The van der Waals surface area contributed by atoms with Gasteiger partial charge in [0.15, 0.2) is 12.4 Å². The van der Waals surface area contributed by atoms with Gasteiger partial charge in [0.2, 0.25) is 0 Å². The van der Waals surface area contributed by atoms with E-state index in [1.54, 1.807) is 30.0 Å². The van der Waals surface area contributed by atoms with Crippen LogP contribution < -0.4 is 9.64 Å². The lowest BCUT2D eigenvalue weighted by Crippen LogP contribution is -2.39. The van der Waals surface area contributed by atoms with Gasteiger partial charge >= 0.3 is 5.97 Å². The van der Waals surface area contributed by atoms with Gasteiger partial charge in [-0.3, -0.25) is 14.4 Å². The van der Waals surface area contributed by atoms with Crippen molar-refractivity contribution >= 4 is 23.3 Å². The summed E-state index contributed by atoms with van der Waals surface area (Å²) < 4.78 is 10.2. The number of hydrogen-bond acceptors (Lipinski definition) is 5. The summed E-state index contributed by atoms with van der Waals surface area (Å²) in [4.78, 5) is 37.3. The van der Waals surface area contributed by atoms with Gasteiger partial charge < -0.3 is 14.4 Å². The third-order valence-electron chi connectivity index (χ3n) is 3.51. The van der Waals surface area contributed by atoms with Crippen LogP contribution in [-0.2, 0) is 14.3 Å². The second kappa shape index (κ2) is 7.77. The first-order chi connectivity index (χ1) is 11.4. The Balaban J connectivity index is 2.18. The van der Waals surface area contributed by atoms with Crippen molar-refractivity contribution in [2.75, 3.05) is 24.7 Å². The molecule has 0 radical (unpaired) electrons. The molecule has 1 heterocycles. The molecule has 0 unspecified atom stereocenters. The molecular formula is C18H21NO5. The van der Waals surface area contributed by atoms with Gasteiger partial charge in [-0.05, 0) is 32.0 Å². The van der Waals surface area contributed by atoms with Crippen molar-refractivity contribution in [2.45, 2.75) is 26.7 Å². The third kappa shape index (κ3) is 4.22. The van der Waals surface area contributed by atoms with E-state index in [4.69, 9.17) is 9.47 Å². The van der Waals surface area contributed by atoms with Gasteiger partial charge in [-0.15, -0.1) is 0 Å². The number of Topliss-reactive ketones (excluding diaryl/α,β-unsaturated/α-hetero) is 1. The number of fused-ring (bicyclic) bond motifs is 1. The van der Waals surface area contributed by atoms with Crippen LogP contribution >= 0.6 is 0 Å². The van der Waals surface area contributed by atoms with Gasteiger partial charge in [-0.25, -0.2) is 0 Å². The molecule has 6 heteroatoms. The lowest BCUT2D eigenvalue weighted by Gasteiger charge is -2.29. The smallest absolute Gasteiger partial charge is 0.306 e. The Morgan fingerprint density at radius 2 is 2.08 bits per heavy atom. The minimum Gasteiger partial charge on any atom is -0.482 e. The van der Waals surface area contributed by atoms with E-state index in [9.17, 15) is 14.4 Å². The molecule has 2 rings (SSSR count). The van der Waals surface area contributed by atoms with Gasteiger partial charge in [0.1, 0.15) is 5.75 Å². The maximum Gasteiger partial charge on any atom is 0.306 e. The minimum absolute atomic E-state index is 0.0313. The van der Waals surface area contributed by atoms with E-state index >= 15 is 0 Å². The standard InChI is InChI=1S/C18H21NO5/c1-4-23-18(22)8-6-15(20)13-5-7-16-14(9-13)19(10-12(2)3)17(21)11-24-16/h5,7,9H,2,4,6,8,10-11H2,1,3H3. The van der Waals surface area contributed by atoms with Crippen molar-refractivity contribution in [3.05, 3.63) is 35.9 Å². The highest BCUT2D eigenvalue weighted by Crippen LogP contribution is 2.33. The molecule has 0 bridgehead atoms. The van der Waals surface area contributed by atoms with Gasteiger partial charge in [0, 0.05) is 18.5 Å². The number of ether oxygens (including phenoxy) is 2. The monoisotopic (exact) mass is 331 g/mol. The molecule has 1 aliphatic rings. The number of benzene rings is 1. The molecule has 0 saturated carbocycles. The first-order valence-corrected chi connectivity index (χ1v) is 7.82. The molecule has 0 spiro atoms. The molecule has 1 aliphatic heterocycles. The van der Waals surface area contributed by atoms with Crippen LogP contribution in [0, 0.1) is 0 Å². The zero-order valence-corrected chi connectivity index (χ0v) is 14.0. The number of esters is 1. The minimum atomic E-state index is -0.397. The lowest BCUT2D eigenvalue weighted by molar-refractivity contribution is -0.143. The van der Waals surface area contributed by atoms with E-state index in [2.05, 4.69) is 6.58 Å². The third-order valence-corrected chi connectivity index (χ3v) is 3.51. The summed E-state index contributed by atoms with van der Waals surface area (Å²) in [6.07, 6.45) is 0.0988. The van der Waals surface area contributed by atoms with Crippen molar-refractivity contribution in [3.8, 4) is 5.75 Å². The Morgan fingerprint density at radius 1 is 1.33 bits per heavy atom. The molecule has 0 saturated heterocycles. The van der Waals surface area contributed by atoms with Crippen molar-refractivity contribution < 1.29 is 23.9 Å². The average molecular weight is 331 g/mol. The highest BCUT2D eigenvalue weighted by molar-refractivity contribution is 6.02. The predicted molar refractivity (Wildman–Crippen MR) is 89.3 cm³/mol. The van der Waals surface area contributed by atoms with Crippen molar-refractivity contribution in [1.29, 1.82) is 0 Å². The molecule has 128 valence electrons. The van der Waals surface area contributed by atoms with Gasteiger partial charge in [0.05, 0.1) is 18.7 Å². The lowest BCUT2D eigenvalue weighted by atomic mass is 10.0. The quantitative estimate of drug-likeness (QED) is 0.436. The van der Waals surface area contributed by atoms with Crippen LogP contribution in [0.3, 0.4) is 0 Å². The summed E-state index contributed by atoms with van der Waals surface area (Å²) >= 11 is 0. The van der Waals surface area contributed by atoms with Crippen LogP contribution in [0.25, 0.3) is 0 Å². The number of carbonyl (C=O) groups excluding carboxylic acids is 3. The summed E-state index contributed by atoms with van der Waals surface area (Å²) in [5.74, 6) is -0.204. The molecule has 1 aromatic carbocycles. The number of carbonyl (C=O) groups is 3. The number of ketones is 1. The fraction of sp³-hybridized carbons (Fsp3) is 0.389. The topological polar surface area (TPSA) is 72.9 Å². The fourth-order valence-electron chi connectivity index (χ4n) is 2.41. The molecule has 0 aromatic heterocycles. The summed E-state index contributed by atoms with van der Waals surface area (Å²) in [6, 6.07) is 4.94. The van der Waals surface area contributed by atoms with Crippen molar-refractivity contribution in [2.24, 2.45) is 0 Å². The van der Waals surface area contributed by atoms with Crippen molar-refractivity contribution in [3.63, 3.8) is 0 Å². The van der Waals surface area contributed by atoms with Gasteiger partial charge in [-0.1, -0.05) is 12.2 Å². The van der Waals surface area contributed by atoms with Crippen LogP contribution in [-0.4, -0.2) is 37.4 Å². The van der Waals surface area contributed by atoms with E-state index in [-0.39, 0.29) is 31.1 Å². The summed E-state index contributed by atoms with van der Waals surface area (Å²) in [5, 5.41) is 0. The normalized spacial score (nSPS) is 13.1. The maximum atomic E-state index is 12.3. The number of rotatable bonds is 7. The highest BCUT2D eigenvalue weighted by Gasteiger charge is 2.26. The molecule has 0 fully saturated rings. The fourth-order valence-corrected chi connectivity index (χ4v) is 2.41. The zero-order valence-electron chi connectivity index (χ0n) is 14.0. The molecule has 6 nitrogen and oxygen atoms in total. The number of nitrogens with zero attached hydrogens (tertiary/aromatic N) is 1. The summed E-state index contributed by atoms with van der Waals surface area (Å²) in [6.45, 7) is 8.01. The Kier molecular flexibility index (Phi) is 5.73. The number of amides is 1. The molecule has 0 aliphatic carbocycles. The largest absolute Gasteiger partial charge is 0.482 e. The Labute approximate surface area is 141 Å². The van der Waals surface area contributed by atoms with E-state index in [1.165, 1.54) is 0 Å². The molecule has 0 N–H and O–H groups in total. The molecular weight excluding hydrogens is 310 g/mol. The molecule has 1 aromatic rings. The first kappa shape index (κ1) is 17.7. The summed E-state index contributed by atoms with van der Waals surface area (Å²) in [7, 11) is 0. The van der Waals surface area contributed by atoms with E-state index in [0.717, 1.165) is 5.57 Å². The first-order valence-electron chi connectivity index (χ1n) is 7.82. The van der Waals surface area contributed by atoms with Crippen LogP contribution in [0.2, 0.25) is 0 Å². The molecule has 24 heavy (non-hydrogen) atoms. The van der Waals surface area contributed by atoms with E-state index in [1.807, 2.05) is 6.92 Å².